The summed E-state index contributed by atoms with van der Waals surface area (Å²) in [4.78, 5) is 31.1. The predicted octanol–water partition coefficient (Wildman–Crippen LogP) is 4.78. The van der Waals surface area contributed by atoms with E-state index >= 15 is 0 Å². The van der Waals surface area contributed by atoms with Gasteiger partial charge in [-0.3, -0.25) is 4.79 Å². The summed E-state index contributed by atoms with van der Waals surface area (Å²) in [5, 5.41) is 5.06. The molecule has 0 fully saturated rings. The van der Waals surface area contributed by atoms with Gasteiger partial charge >= 0.3 is 6.03 Å². The second kappa shape index (κ2) is 9.94. The molecular formula is C25H35N3O3S. The van der Waals surface area contributed by atoms with E-state index in [0.717, 1.165) is 23.3 Å². The van der Waals surface area contributed by atoms with Gasteiger partial charge in [-0.1, -0.05) is 18.2 Å². The molecule has 0 saturated carbocycles. The highest BCUT2D eigenvalue weighted by Gasteiger charge is 2.34. The van der Waals surface area contributed by atoms with E-state index < -0.39 is 0 Å². The zero-order chi connectivity index (χ0) is 23.5. The highest BCUT2D eigenvalue weighted by Crippen LogP contribution is 2.34. The zero-order valence-electron chi connectivity index (χ0n) is 20.0. The molecule has 0 aliphatic carbocycles. The van der Waals surface area contributed by atoms with Crippen LogP contribution in [0.15, 0.2) is 35.7 Å². The van der Waals surface area contributed by atoms with E-state index in [0.29, 0.717) is 13.2 Å². The fourth-order valence-electron chi connectivity index (χ4n) is 3.88. The van der Waals surface area contributed by atoms with E-state index in [4.69, 9.17) is 4.74 Å². The Labute approximate surface area is 195 Å². The largest absolute Gasteiger partial charge is 0.491 e. The standard InChI is InChI=1S/C25H35N3O3S/c1-17(2)28(24(30)26-25(4,5)6)15-23(29)27-13-11-22-19(12-14-32-22)20(27)16-31-21-10-8-7-9-18(21)3/h7-10,12,14,17,20H,11,13,15-16H2,1-6H3,(H,26,30). The number of thiophene rings is 1. The molecule has 1 aliphatic heterocycles. The molecule has 0 saturated heterocycles. The van der Waals surface area contributed by atoms with Crippen molar-refractivity contribution in [3.05, 3.63) is 51.7 Å². The van der Waals surface area contributed by atoms with Crippen molar-refractivity contribution in [2.75, 3.05) is 19.7 Å². The molecule has 32 heavy (non-hydrogen) atoms. The summed E-state index contributed by atoms with van der Waals surface area (Å²) in [5.74, 6) is 0.772. The first-order valence-corrected chi connectivity index (χ1v) is 12.1. The molecule has 3 amide bonds. The van der Waals surface area contributed by atoms with Crippen molar-refractivity contribution >= 4 is 23.3 Å². The van der Waals surface area contributed by atoms with Gasteiger partial charge in [-0.2, -0.15) is 0 Å². The van der Waals surface area contributed by atoms with Crippen LogP contribution in [0, 0.1) is 6.92 Å². The molecule has 1 aromatic heterocycles. The quantitative estimate of drug-likeness (QED) is 0.679. The minimum Gasteiger partial charge on any atom is -0.491 e. The Hall–Kier alpha value is -2.54. The van der Waals surface area contributed by atoms with Crippen molar-refractivity contribution in [3.8, 4) is 5.75 Å². The third-order valence-electron chi connectivity index (χ3n) is 5.58. The highest BCUT2D eigenvalue weighted by molar-refractivity contribution is 7.10. The summed E-state index contributed by atoms with van der Waals surface area (Å²) in [6, 6.07) is 9.52. The lowest BCUT2D eigenvalue weighted by atomic mass is 10.00. The van der Waals surface area contributed by atoms with Crippen LogP contribution >= 0.6 is 11.3 Å². The van der Waals surface area contributed by atoms with Crippen LogP contribution in [-0.4, -0.2) is 53.0 Å². The molecule has 0 radical (unpaired) electrons. The first-order valence-electron chi connectivity index (χ1n) is 11.2. The lowest BCUT2D eigenvalue weighted by Gasteiger charge is -2.38. The van der Waals surface area contributed by atoms with Crippen molar-refractivity contribution in [1.82, 2.24) is 15.1 Å². The summed E-state index contributed by atoms with van der Waals surface area (Å²) in [6.07, 6.45) is 0.829. The van der Waals surface area contributed by atoms with Gasteiger partial charge in [0.15, 0.2) is 0 Å². The molecule has 1 aromatic carbocycles. The van der Waals surface area contributed by atoms with Gasteiger partial charge in [0.2, 0.25) is 5.91 Å². The van der Waals surface area contributed by atoms with Crippen LogP contribution in [0.1, 0.15) is 56.7 Å². The Morgan fingerprint density at radius 1 is 1.25 bits per heavy atom. The number of nitrogens with zero attached hydrogens (tertiary/aromatic N) is 2. The molecule has 6 nitrogen and oxygen atoms in total. The highest BCUT2D eigenvalue weighted by atomic mass is 32.1. The Morgan fingerprint density at radius 2 is 1.97 bits per heavy atom. The van der Waals surface area contributed by atoms with E-state index in [1.807, 2.05) is 70.7 Å². The van der Waals surface area contributed by atoms with Crippen LogP contribution in [0.2, 0.25) is 0 Å². The maximum atomic E-state index is 13.5. The molecule has 1 atom stereocenters. The second-order valence-corrected chi connectivity index (χ2v) is 10.6. The molecule has 1 aliphatic rings. The second-order valence-electron chi connectivity index (χ2n) is 9.63. The number of fused-ring (bicyclic) bond motifs is 1. The Bertz CT molecular complexity index is 948. The van der Waals surface area contributed by atoms with Gasteiger partial charge in [0, 0.05) is 23.0 Å². The monoisotopic (exact) mass is 457 g/mol. The first kappa shape index (κ1) is 24.1. The normalized spacial score (nSPS) is 16.0. The number of para-hydroxylation sites is 1. The zero-order valence-corrected chi connectivity index (χ0v) is 20.8. The Morgan fingerprint density at radius 3 is 2.62 bits per heavy atom. The Kier molecular flexibility index (Phi) is 7.49. The van der Waals surface area contributed by atoms with Crippen molar-refractivity contribution in [2.45, 2.75) is 65.6 Å². The summed E-state index contributed by atoms with van der Waals surface area (Å²) >= 11 is 1.73. The number of hydrogen-bond donors (Lipinski definition) is 1. The average Bonchev–Trinajstić information content (AvgIpc) is 3.18. The number of carbonyl (C=O) groups is 2. The van der Waals surface area contributed by atoms with Crippen LogP contribution in [0.4, 0.5) is 4.79 Å². The lowest BCUT2D eigenvalue weighted by molar-refractivity contribution is -0.135. The number of rotatable bonds is 6. The molecule has 1 unspecified atom stereocenters. The SMILES string of the molecule is Cc1ccccc1OCC1c2ccsc2CCN1C(=O)CN(C(=O)NC(C)(C)C)C(C)C. The number of carbonyl (C=O) groups excluding carboxylic acids is 2. The summed E-state index contributed by atoms with van der Waals surface area (Å²) < 4.78 is 6.17. The van der Waals surface area contributed by atoms with Gasteiger partial charge in [0.1, 0.15) is 18.9 Å². The predicted molar refractivity (Wildman–Crippen MR) is 129 cm³/mol. The van der Waals surface area contributed by atoms with Crippen molar-refractivity contribution in [1.29, 1.82) is 0 Å². The van der Waals surface area contributed by atoms with E-state index in [1.165, 1.54) is 4.88 Å². The summed E-state index contributed by atoms with van der Waals surface area (Å²) in [5.41, 5.74) is 1.85. The molecule has 7 heteroatoms. The number of hydrogen-bond acceptors (Lipinski definition) is 4. The van der Waals surface area contributed by atoms with Crippen LogP contribution in [0.25, 0.3) is 0 Å². The number of urea groups is 1. The van der Waals surface area contributed by atoms with Crippen molar-refractivity contribution in [2.24, 2.45) is 0 Å². The molecule has 0 bridgehead atoms. The number of benzene rings is 1. The van der Waals surface area contributed by atoms with Crippen LogP contribution in [0.3, 0.4) is 0 Å². The van der Waals surface area contributed by atoms with Crippen molar-refractivity contribution < 1.29 is 14.3 Å². The molecule has 2 heterocycles. The molecule has 3 rings (SSSR count). The van der Waals surface area contributed by atoms with Gasteiger partial charge in [-0.15, -0.1) is 11.3 Å². The van der Waals surface area contributed by atoms with Crippen LogP contribution < -0.4 is 10.1 Å². The van der Waals surface area contributed by atoms with E-state index in [-0.39, 0.29) is 36.1 Å². The molecule has 1 N–H and O–H groups in total. The first-order chi connectivity index (χ1) is 15.1. The molecular weight excluding hydrogens is 422 g/mol. The van der Waals surface area contributed by atoms with Crippen molar-refractivity contribution in [3.63, 3.8) is 0 Å². The number of nitrogens with one attached hydrogen (secondary N) is 1. The lowest BCUT2D eigenvalue weighted by Crippen LogP contribution is -2.54. The third kappa shape index (κ3) is 5.82. The van der Waals surface area contributed by atoms with Gasteiger partial charge in [-0.25, -0.2) is 4.79 Å². The summed E-state index contributed by atoms with van der Waals surface area (Å²) in [7, 11) is 0. The number of amides is 3. The van der Waals surface area contributed by atoms with Gasteiger partial charge in [0.05, 0.1) is 6.04 Å². The van der Waals surface area contributed by atoms with E-state index in [9.17, 15) is 9.59 Å². The van der Waals surface area contributed by atoms with E-state index in [2.05, 4.69) is 16.8 Å². The number of aryl methyl sites for hydroxylation is 1. The van der Waals surface area contributed by atoms with Gasteiger partial charge in [0.25, 0.3) is 0 Å². The third-order valence-corrected chi connectivity index (χ3v) is 6.57. The maximum absolute atomic E-state index is 13.5. The van der Waals surface area contributed by atoms with Crippen LogP contribution in [0.5, 0.6) is 5.75 Å². The van der Waals surface area contributed by atoms with E-state index in [1.54, 1.807) is 16.2 Å². The average molecular weight is 458 g/mol. The molecule has 174 valence electrons. The minimum atomic E-state index is -0.367. The fraction of sp³-hybridized carbons (Fsp3) is 0.520. The Balaban J connectivity index is 1.78. The summed E-state index contributed by atoms with van der Waals surface area (Å²) in [6.45, 7) is 12.7. The van der Waals surface area contributed by atoms with Crippen LogP contribution in [-0.2, 0) is 11.2 Å². The molecule has 0 spiro atoms. The molecule has 2 aromatic rings. The smallest absolute Gasteiger partial charge is 0.318 e. The topological polar surface area (TPSA) is 61.9 Å². The minimum absolute atomic E-state index is 0.0416. The maximum Gasteiger partial charge on any atom is 0.318 e. The van der Waals surface area contributed by atoms with Gasteiger partial charge in [-0.05, 0) is 76.6 Å². The fourth-order valence-corrected chi connectivity index (χ4v) is 4.81. The number of ether oxygens (including phenoxy) is 1. The van der Waals surface area contributed by atoms with Gasteiger partial charge < -0.3 is 19.9 Å².